The van der Waals surface area contributed by atoms with Crippen molar-refractivity contribution in [1.82, 2.24) is 0 Å². The Morgan fingerprint density at radius 1 is 0.750 bits per heavy atom. The molecule has 0 atom stereocenters. The molecule has 2 rings (SSSR count). The molecule has 0 saturated carbocycles. The fourth-order valence-electron chi connectivity index (χ4n) is 2.31. The van der Waals surface area contributed by atoms with Gasteiger partial charge in [0.25, 0.3) is 0 Å². The van der Waals surface area contributed by atoms with Crippen LogP contribution in [0.25, 0.3) is 11.1 Å². The van der Waals surface area contributed by atoms with E-state index < -0.39 is 35.1 Å². The third kappa shape index (κ3) is 5.66. The summed E-state index contributed by atoms with van der Waals surface area (Å²) in [6.45, 7) is 12.5. The highest BCUT2D eigenvalue weighted by Crippen LogP contribution is 2.33. The van der Waals surface area contributed by atoms with Gasteiger partial charge in [-0.05, 0) is 57.5 Å². The van der Waals surface area contributed by atoms with Gasteiger partial charge in [0.15, 0.2) is 23.1 Å². The van der Waals surface area contributed by atoms with Crippen LogP contribution < -0.4 is 9.47 Å². The molecule has 0 amide bonds. The quantitative estimate of drug-likeness (QED) is 0.226. The summed E-state index contributed by atoms with van der Waals surface area (Å²) >= 11 is 0. The molecular formula is C24H21F3O5. The van der Waals surface area contributed by atoms with Crippen LogP contribution in [-0.2, 0) is 14.3 Å². The normalized spacial score (nSPS) is 11.3. The molecule has 5 nitrogen and oxygen atoms in total. The van der Waals surface area contributed by atoms with Crippen molar-refractivity contribution in [1.29, 1.82) is 0 Å². The second-order valence-corrected chi connectivity index (χ2v) is 6.94. The van der Waals surface area contributed by atoms with Gasteiger partial charge in [0.05, 0.1) is 0 Å². The Bertz CT molecular complexity index is 1150. The zero-order valence-corrected chi connectivity index (χ0v) is 18.0. The molecule has 0 spiro atoms. The lowest BCUT2D eigenvalue weighted by Gasteiger charge is -2.13. The summed E-state index contributed by atoms with van der Waals surface area (Å²) in [6, 6.07) is 5.66. The standard InChI is InChI=1S/C24H21F3O5/c1-12(2)23(28)31-15(6)14(5)30-20-10-8-17(21(26)22(20)27)16-7-9-19(18(25)11-16)32-24(29)13(3)4/h7-11H,1,3H2,2,4-6H3. The highest BCUT2D eigenvalue weighted by atomic mass is 19.2. The summed E-state index contributed by atoms with van der Waals surface area (Å²) in [6.07, 6.45) is 0. The Morgan fingerprint density at radius 3 is 1.91 bits per heavy atom. The van der Waals surface area contributed by atoms with Crippen LogP contribution in [0.15, 0.2) is 66.2 Å². The van der Waals surface area contributed by atoms with Gasteiger partial charge in [0.2, 0.25) is 5.82 Å². The van der Waals surface area contributed by atoms with Gasteiger partial charge in [0, 0.05) is 16.7 Å². The Hall–Kier alpha value is -3.81. The maximum absolute atomic E-state index is 14.7. The van der Waals surface area contributed by atoms with Crippen LogP contribution in [0.2, 0.25) is 0 Å². The van der Waals surface area contributed by atoms with E-state index >= 15 is 0 Å². The first-order valence-electron chi connectivity index (χ1n) is 9.31. The van der Waals surface area contributed by atoms with E-state index in [4.69, 9.17) is 14.2 Å². The van der Waals surface area contributed by atoms with Crippen LogP contribution in [0.1, 0.15) is 27.7 Å². The number of ether oxygens (including phenoxy) is 3. The third-order valence-corrected chi connectivity index (χ3v) is 4.19. The minimum absolute atomic E-state index is 0.0133. The number of hydrogen-bond donors (Lipinski definition) is 0. The monoisotopic (exact) mass is 446 g/mol. The lowest BCUT2D eigenvalue weighted by atomic mass is 10.0. The Labute approximate surface area is 183 Å². The first-order chi connectivity index (χ1) is 14.9. The molecule has 0 aliphatic carbocycles. The lowest BCUT2D eigenvalue weighted by Crippen LogP contribution is -2.09. The fraction of sp³-hybridized carbons (Fsp3) is 0.167. The molecule has 8 heteroatoms. The van der Waals surface area contributed by atoms with Gasteiger partial charge in [-0.1, -0.05) is 19.2 Å². The molecule has 0 fully saturated rings. The Morgan fingerprint density at radius 2 is 1.34 bits per heavy atom. The predicted molar refractivity (Wildman–Crippen MR) is 112 cm³/mol. The highest BCUT2D eigenvalue weighted by Gasteiger charge is 2.19. The van der Waals surface area contributed by atoms with E-state index in [0.29, 0.717) is 0 Å². The SMILES string of the molecule is C=C(C)C(=O)OC(C)=C(C)Oc1ccc(-c2ccc(OC(=O)C(=C)C)c(F)c2)c(F)c1F. The van der Waals surface area contributed by atoms with Gasteiger partial charge >= 0.3 is 11.9 Å². The molecule has 0 N–H and O–H groups in total. The molecule has 0 heterocycles. The average molecular weight is 446 g/mol. The van der Waals surface area contributed by atoms with Crippen LogP contribution in [0.4, 0.5) is 13.2 Å². The second-order valence-electron chi connectivity index (χ2n) is 6.94. The summed E-state index contributed by atoms with van der Waals surface area (Å²) < 4.78 is 58.7. The predicted octanol–water partition coefficient (Wildman–Crippen LogP) is 6.00. The van der Waals surface area contributed by atoms with Crippen molar-refractivity contribution < 1.29 is 37.0 Å². The molecule has 32 heavy (non-hydrogen) atoms. The van der Waals surface area contributed by atoms with E-state index in [0.717, 1.165) is 18.2 Å². The maximum Gasteiger partial charge on any atom is 0.338 e. The van der Waals surface area contributed by atoms with Gasteiger partial charge < -0.3 is 14.2 Å². The largest absolute Gasteiger partial charge is 0.455 e. The molecule has 0 unspecified atom stereocenters. The molecule has 0 aromatic heterocycles. The summed E-state index contributed by atoms with van der Waals surface area (Å²) in [5.74, 6) is -5.80. The van der Waals surface area contributed by atoms with E-state index in [2.05, 4.69) is 13.2 Å². The second kappa shape index (κ2) is 10.00. The van der Waals surface area contributed by atoms with Crippen molar-refractivity contribution in [3.8, 4) is 22.6 Å². The number of carbonyl (C=O) groups excluding carboxylic acids is 2. The van der Waals surface area contributed by atoms with E-state index in [1.54, 1.807) is 0 Å². The van der Waals surface area contributed by atoms with Crippen molar-refractivity contribution in [2.24, 2.45) is 0 Å². The average Bonchev–Trinajstić information content (AvgIpc) is 2.72. The van der Waals surface area contributed by atoms with Gasteiger partial charge in [0.1, 0.15) is 11.5 Å². The summed E-state index contributed by atoms with van der Waals surface area (Å²) in [5, 5.41) is 0. The topological polar surface area (TPSA) is 61.8 Å². The summed E-state index contributed by atoms with van der Waals surface area (Å²) in [7, 11) is 0. The van der Waals surface area contributed by atoms with E-state index in [1.807, 2.05) is 0 Å². The number of hydrogen-bond acceptors (Lipinski definition) is 5. The zero-order chi connectivity index (χ0) is 24.2. The first-order valence-corrected chi connectivity index (χ1v) is 9.31. The lowest BCUT2D eigenvalue weighted by molar-refractivity contribution is -0.135. The van der Waals surface area contributed by atoms with Crippen LogP contribution in [0, 0.1) is 17.5 Å². The molecule has 2 aromatic rings. The molecule has 0 saturated heterocycles. The smallest absolute Gasteiger partial charge is 0.338 e. The number of benzene rings is 2. The van der Waals surface area contributed by atoms with Gasteiger partial charge in [-0.15, -0.1) is 0 Å². The minimum atomic E-state index is -1.32. The molecular weight excluding hydrogens is 425 g/mol. The Kier molecular flexibility index (Phi) is 7.64. The molecule has 0 radical (unpaired) electrons. The van der Waals surface area contributed by atoms with Gasteiger partial charge in [-0.25, -0.2) is 18.4 Å². The molecule has 2 aromatic carbocycles. The maximum atomic E-state index is 14.7. The third-order valence-electron chi connectivity index (χ3n) is 4.19. The van der Waals surface area contributed by atoms with Crippen molar-refractivity contribution in [3.63, 3.8) is 0 Å². The minimum Gasteiger partial charge on any atom is -0.455 e. The van der Waals surface area contributed by atoms with E-state index in [-0.39, 0.29) is 39.5 Å². The number of carbonyl (C=O) groups is 2. The number of allylic oxidation sites excluding steroid dienone is 2. The van der Waals surface area contributed by atoms with Crippen molar-refractivity contribution in [2.45, 2.75) is 27.7 Å². The van der Waals surface area contributed by atoms with Gasteiger partial charge in [-0.2, -0.15) is 4.39 Å². The van der Waals surface area contributed by atoms with Crippen LogP contribution >= 0.6 is 0 Å². The highest BCUT2D eigenvalue weighted by molar-refractivity contribution is 5.89. The van der Waals surface area contributed by atoms with Crippen molar-refractivity contribution in [3.05, 3.63) is 83.6 Å². The number of halogens is 3. The van der Waals surface area contributed by atoms with Gasteiger partial charge in [-0.3, -0.25) is 0 Å². The fourth-order valence-corrected chi connectivity index (χ4v) is 2.31. The molecule has 0 bridgehead atoms. The number of esters is 2. The molecule has 0 aliphatic heterocycles. The zero-order valence-electron chi connectivity index (χ0n) is 18.0. The van der Waals surface area contributed by atoms with E-state index in [9.17, 15) is 22.8 Å². The van der Waals surface area contributed by atoms with Crippen LogP contribution in [0.3, 0.4) is 0 Å². The first kappa shape index (κ1) is 24.5. The number of rotatable bonds is 7. The van der Waals surface area contributed by atoms with Crippen molar-refractivity contribution >= 4 is 11.9 Å². The van der Waals surface area contributed by atoms with E-state index in [1.165, 1.54) is 39.8 Å². The molecule has 0 aliphatic rings. The summed E-state index contributed by atoms with van der Waals surface area (Å²) in [5.41, 5.74) is 0.00974. The van der Waals surface area contributed by atoms with Crippen LogP contribution in [-0.4, -0.2) is 11.9 Å². The summed E-state index contributed by atoms with van der Waals surface area (Å²) in [4.78, 5) is 23.1. The van der Waals surface area contributed by atoms with Crippen LogP contribution in [0.5, 0.6) is 11.5 Å². The molecule has 168 valence electrons. The Balaban J connectivity index is 2.31. The van der Waals surface area contributed by atoms with Crippen molar-refractivity contribution in [2.75, 3.05) is 0 Å².